The minimum atomic E-state index is -0.783. The first-order valence-electron chi connectivity index (χ1n) is 12.7. The number of H-pyrrole nitrogens is 1. The number of aromatic nitrogens is 4. The van der Waals surface area contributed by atoms with Crippen molar-refractivity contribution >= 4 is 5.91 Å². The normalized spacial score (nSPS) is 10.8. The van der Waals surface area contributed by atoms with Gasteiger partial charge in [-0.25, -0.2) is 14.6 Å². The van der Waals surface area contributed by atoms with E-state index in [0.717, 1.165) is 38.3 Å². The van der Waals surface area contributed by atoms with Crippen LogP contribution in [0.15, 0.2) is 99.4 Å². The lowest BCUT2D eigenvalue weighted by Crippen LogP contribution is -2.26. The van der Waals surface area contributed by atoms with Crippen LogP contribution >= 0.6 is 0 Å². The Morgan fingerprint density at radius 2 is 1.88 bits per heavy atom. The Labute approximate surface area is 229 Å². The Morgan fingerprint density at radius 1 is 1.02 bits per heavy atom. The summed E-state index contributed by atoms with van der Waals surface area (Å²) in [5.74, 6) is -0.242. The number of carbonyl (C=O) groups excluding carboxylic acids is 1. The first kappa shape index (κ1) is 26.4. The highest BCUT2D eigenvalue weighted by Gasteiger charge is 2.10. The molecule has 0 bridgehead atoms. The van der Waals surface area contributed by atoms with E-state index in [2.05, 4.69) is 26.3 Å². The van der Waals surface area contributed by atoms with Gasteiger partial charge >= 0.3 is 11.4 Å². The minimum absolute atomic E-state index is 0.128. The molecule has 0 radical (unpaired) electrons. The number of carbonyl (C=O) groups is 1. The molecule has 10 heteroatoms. The second-order valence-electron chi connectivity index (χ2n) is 9.21. The summed E-state index contributed by atoms with van der Waals surface area (Å²) in [5.41, 5.74) is 5.69. The SMILES string of the molecule is Cc1cc(C(=O)NCCc2cnccn2)ccc1-c1cccc(COc2ccc(Cn3oc(=O)[nH]c3=O)cc2)c1. The highest BCUT2D eigenvalue weighted by Crippen LogP contribution is 2.26. The van der Waals surface area contributed by atoms with E-state index in [1.807, 2.05) is 55.5 Å². The number of nitrogens with one attached hydrogen (secondary N) is 2. The number of hydrogen-bond donors (Lipinski definition) is 2. The summed E-state index contributed by atoms with van der Waals surface area (Å²) in [6, 6.07) is 21.0. The lowest BCUT2D eigenvalue weighted by Gasteiger charge is -2.12. The van der Waals surface area contributed by atoms with E-state index in [4.69, 9.17) is 9.26 Å². The van der Waals surface area contributed by atoms with Crippen LogP contribution in [0.25, 0.3) is 11.1 Å². The van der Waals surface area contributed by atoms with E-state index in [-0.39, 0.29) is 12.5 Å². The number of nitrogens with zero attached hydrogens (tertiary/aromatic N) is 3. The third kappa shape index (κ3) is 6.60. The molecule has 0 unspecified atom stereocenters. The van der Waals surface area contributed by atoms with Crippen LogP contribution in [0.1, 0.15) is 32.7 Å². The average Bonchev–Trinajstić information content (AvgIpc) is 3.29. The van der Waals surface area contributed by atoms with Gasteiger partial charge in [-0.1, -0.05) is 36.4 Å². The molecule has 5 rings (SSSR count). The fourth-order valence-corrected chi connectivity index (χ4v) is 4.26. The standard InChI is InChI=1S/C30H27N5O5/c1-20-15-24(28(36)33-12-11-25-17-31-13-14-32-25)7-10-27(20)23-4-2-3-22(16-23)19-39-26-8-5-21(6-9-26)18-35-29(37)34-30(38)40-35/h2-10,13-17H,11-12,18-19H2,1H3,(H,33,36)(H,34,37,38). The molecule has 5 aromatic rings. The number of ether oxygens (including phenoxy) is 1. The van der Waals surface area contributed by atoms with Crippen LogP contribution in [-0.4, -0.2) is 32.1 Å². The number of rotatable bonds is 10. The minimum Gasteiger partial charge on any atom is -0.489 e. The Balaban J connectivity index is 1.18. The first-order valence-corrected chi connectivity index (χ1v) is 12.7. The van der Waals surface area contributed by atoms with Gasteiger partial charge in [-0.15, -0.1) is 4.74 Å². The molecule has 0 aliphatic heterocycles. The van der Waals surface area contributed by atoms with Crippen LogP contribution in [0.4, 0.5) is 0 Å². The second-order valence-corrected chi connectivity index (χ2v) is 9.21. The zero-order chi connectivity index (χ0) is 27.9. The Hall–Kier alpha value is -5.25. The summed E-state index contributed by atoms with van der Waals surface area (Å²) in [7, 11) is 0. The molecule has 1 amide bonds. The molecule has 0 atom stereocenters. The number of aryl methyl sites for hydroxylation is 1. The van der Waals surface area contributed by atoms with Crippen LogP contribution in [0.3, 0.4) is 0 Å². The van der Waals surface area contributed by atoms with Crippen LogP contribution in [-0.2, 0) is 19.6 Å². The van der Waals surface area contributed by atoms with Crippen LogP contribution < -0.4 is 21.5 Å². The maximum absolute atomic E-state index is 12.6. The fraction of sp³-hybridized carbons (Fsp3) is 0.167. The Morgan fingerprint density at radius 3 is 2.60 bits per heavy atom. The Bertz CT molecular complexity index is 1720. The molecule has 2 N–H and O–H groups in total. The van der Waals surface area contributed by atoms with E-state index < -0.39 is 11.4 Å². The lowest BCUT2D eigenvalue weighted by molar-refractivity contribution is 0.0954. The van der Waals surface area contributed by atoms with Gasteiger partial charge in [-0.05, 0) is 65.1 Å². The second kappa shape index (κ2) is 12.1. The van der Waals surface area contributed by atoms with Gasteiger partial charge in [-0.2, -0.15) is 0 Å². The van der Waals surface area contributed by atoms with Gasteiger partial charge in [0, 0.05) is 37.1 Å². The quantitative estimate of drug-likeness (QED) is 0.279. The summed E-state index contributed by atoms with van der Waals surface area (Å²) in [4.78, 5) is 45.7. The monoisotopic (exact) mass is 537 g/mol. The molecule has 202 valence electrons. The molecule has 0 aliphatic carbocycles. The third-order valence-corrected chi connectivity index (χ3v) is 6.29. The number of benzene rings is 3. The summed E-state index contributed by atoms with van der Waals surface area (Å²) >= 11 is 0. The molecule has 40 heavy (non-hydrogen) atoms. The van der Waals surface area contributed by atoms with Crippen molar-refractivity contribution < 1.29 is 14.1 Å². The van der Waals surface area contributed by atoms with Crippen molar-refractivity contribution in [2.75, 3.05) is 6.54 Å². The molecular formula is C30H27N5O5. The predicted octanol–water partition coefficient (Wildman–Crippen LogP) is 3.49. The summed E-state index contributed by atoms with van der Waals surface area (Å²) in [6.07, 6.45) is 5.57. The zero-order valence-corrected chi connectivity index (χ0v) is 21.8. The van der Waals surface area contributed by atoms with Crippen molar-refractivity contribution in [3.63, 3.8) is 0 Å². The summed E-state index contributed by atoms with van der Waals surface area (Å²) in [6.45, 7) is 2.98. The highest BCUT2D eigenvalue weighted by molar-refractivity contribution is 5.95. The first-order chi connectivity index (χ1) is 19.4. The topological polar surface area (TPSA) is 132 Å². The van der Waals surface area contributed by atoms with Crippen LogP contribution in [0.5, 0.6) is 5.75 Å². The molecule has 2 heterocycles. The van der Waals surface area contributed by atoms with Crippen LogP contribution in [0, 0.1) is 6.92 Å². The van der Waals surface area contributed by atoms with E-state index in [1.54, 1.807) is 30.7 Å². The predicted molar refractivity (Wildman–Crippen MR) is 148 cm³/mol. The van der Waals surface area contributed by atoms with Gasteiger partial charge in [0.2, 0.25) is 0 Å². The molecular weight excluding hydrogens is 510 g/mol. The molecule has 0 saturated carbocycles. The maximum atomic E-state index is 12.6. The fourth-order valence-electron chi connectivity index (χ4n) is 4.26. The molecule has 2 aromatic heterocycles. The van der Waals surface area contributed by atoms with Gasteiger partial charge in [0.25, 0.3) is 5.91 Å². The number of aromatic amines is 1. The largest absolute Gasteiger partial charge is 0.489 e. The van der Waals surface area contributed by atoms with Crippen molar-refractivity contribution in [1.82, 2.24) is 25.0 Å². The maximum Gasteiger partial charge on any atom is 0.440 e. The number of amides is 1. The number of hydrogen-bond acceptors (Lipinski definition) is 7. The molecule has 0 fully saturated rings. The van der Waals surface area contributed by atoms with Gasteiger partial charge in [0.1, 0.15) is 12.4 Å². The summed E-state index contributed by atoms with van der Waals surface area (Å²) in [5, 5.41) is 2.94. The highest BCUT2D eigenvalue weighted by atomic mass is 16.5. The van der Waals surface area contributed by atoms with Crippen molar-refractivity contribution in [3.8, 4) is 16.9 Å². The zero-order valence-electron chi connectivity index (χ0n) is 21.8. The van der Waals surface area contributed by atoms with Gasteiger partial charge in [0.05, 0.1) is 12.2 Å². The molecule has 3 aromatic carbocycles. The van der Waals surface area contributed by atoms with Crippen molar-refractivity contribution in [3.05, 3.63) is 134 Å². The molecule has 0 spiro atoms. The molecule has 0 aliphatic rings. The van der Waals surface area contributed by atoms with Crippen LogP contribution in [0.2, 0.25) is 0 Å². The average molecular weight is 538 g/mol. The van der Waals surface area contributed by atoms with Gasteiger partial charge in [0.15, 0.2) is 0 Å². The van der Waals surface area contributed by atoms with E-state index in [0.29, 0.717) is 30.9 Å². The molecule has 0 saturated heterocycles. The molecule has 10 nitrogen and oxygen atoms in total. The van der Waals surface area contributed by atoms with Gasteiger partial charge < -0.3 is 14.6 Å². The third-order valence-electron chi connectivity index (χ3n) is 6.29. The van der Waals surface area contributed by atoms with Crippen molar-refractivity contribution in [1.29, 1.82) is 0 Å². The smallest absolute Gasteiger partial charge is 0.440 e. The van der Waals surface area contributed by atoms with E-state index >= 15 is 0 Å². The van der Waals surface area contributed by atoms with E-state index in [9.17, 15) is 14.4 Å². The van der Waals surface area contributed by atoms with Gasteiger partial charge in [-0.3, -0.25) is 14.8 Å². The van der Waals surface area contributed by atoms with Crippen molar-refractivity contribution in [2.24, 2.45) is 0 Å². The van der Waals surface area contributed by atoms with Crippen molar-refractivity contribution in [2.45, 2.75) is 26.5 Å². The lowest BCUT2D eigenvalue weighted by atomic mass is 9.97. The van der Waals surface area contributed by atoms with E-state index in [1.165, 1.54) is 0 Å². The summed E-state index contributed by atoms with van der Waals surface area (Å²) < 4.78 is 11.7. The Kier molecular flexibility index (Phi) is 7.96.